The topological polar surface area (TPSA) is 66.7 Å². The van der Waals surface area contributed by atoms with Gasteiger partial charge in [-0.2, -0.15) is 5.10 Å². The minimum absolute atomic E-state index is 0.299. The smallest absolute Gasteiger partial charge is 0.147 e. The Morgan fingerprint density at radius 1 is 1.22 bits per heavy atom. The van der Waals surface area contributed by atoms with Gasteiger partial charge in [0.1, 0.15) is 11.6 Å². The molecule has 2 saturated heterocycles. The molecule has 2 fully saturated rings. The molecular formula is C16H29N5O2. The maximum absolute atomic E-state index is 10.4. The molecular weight excluding hydrogens is 294 g/mol. The zero-order valence-corrected chi connectivity index (χ0v) is 14.3. The van der Waals surface area contributed by atoms with E-state index in [0.717, 1.165) is 64.1 Å². The Bertz CT molecular complexity index is 501. The molecule has 1 aromatic rings. The Morgan fingerprint density at radius 2 is 2.00 bits per heavy atom. The quantitative estimate of drug-likeness (QED) is 0.798. The lowest BCUT2D eigenvalue weighted by Crippen LogP contribution is -2.46. The van der Waals surface area contributed by atoms with Crippen LogP contribution in [0.1, 0.15) is 24.5 Å². The van der Waals surface area contributed by atoms with Crippen molar-refractivity contribution in [1.82, 2.24) is 24.6 Å². The highest BCUT2D eigenvalue weighted by atomic mass is 16.5. The van der Waals surface area contributed by atoms with Gasteiger partial charge < -0.3 is 9.84 Å². The van der Waals surface area contributed by atoms with E-state index in [-0.39, 0.29) is 6.10 Å². The lowest BCUT2D eigenvalue weighted by molar-refractivity contribution is 0.00529. The molecule has 0 radical (unpaired) electrons. The molecule has 2 aliphatic heterocycles. The number of hydrogen-bond acceptors (Lipinski definition) is 6. The van der Waals surface area contributed by atoms with Crippen LogP contribution in [0.3, 0.4) is 0 Å². The number of nitrogens with zero attached hydrogens (tertiary/aromatic N) is 5. The highest BCUT2D eigenvalue weighted by molar-refractivity contribution is 4.90. The van der Waals surface area contributed by atoms with E-state index < -0.39 is 0 Å². The maximum Gasteiger partial charge on any atom is 0.147 e. The first-order valence-corrected chi connectivity index (χ1v) is 8.72. The zero-order valence-electron chi connectivity index (χ0n) is 14.3. The number of aryl methyl sites for hydroxylation is 2. The third-order valence-electron chi connectivity index (χ3n) is 4.86. The van der Waals surface area contributed by atoms with Gasteiger partial charge in [0.05, 0.1) is 25.9 Å². The van der Waals surface area contributed by atoms with E-state index in [1.807, 2.05) is 18.5 Å². The maximum atomic E-state index is 10.4. The number of aliphatic hydroxyl groups is 1. The number of rotatable bonds is 6. The molecule has 7 nitrogen and oxygen atoms in total. The van der Waals surface area contributed by atoms with Crippen LogP contribution in [0, 0.1) is 13.8 Å². The van der Waals surface area contributed by atoms with Gasteiger partial charge in [0, 0.05) is 32.2 Å². The highest BCUT2D eigenvalue weighted by Gasteiger charge is 2.28. The second kappa shape index (κ2) is 7.70. The van der Waals surface area contributed by atoms with Gasteiger partial charge >= 0.3 is 0 Å². The summed E-state index contributed by atoms with van der Waals surface area (Å²) in [6, 6.07) is 0.453. The van der Waals surface area contributed by atoms with Gasteiger partial charge in [0.2, 0.25) is 0 Å². The van der Waals surface area contributed by atoms with Crippen molar-refractivity contribution in [3.63, 3.8) is 0 Å². The van der Waals surface area contributed by atoms with Crippen LogP contribution in [-0.4, -0.2) is 87.8 Å². The van der Waals surface area contributed by atoms with Gasteiger partial charge in [-0.3, -0.25) is 9.80 Å². The molecule has 0 aromatic carbocycles. The zero-order chi connectivity index (χ0) is 16.2. The molecule has 23 heavy (non-hydrogen) atoms. The van der Waals surface area contributed by atoms with Crippen molar-refractivity contribution in [2.75, 3.05) is 45.9 Å². The molecule has 3 rings (SSSR count). The van der Waals surface area contributed by atoms with Crippen molar-refractivity contribution in [2.45, 2.75) is 45.4 Å². The van der Waals surface area contributed by atoms with Gasteiger partial charge in [0.25, 0.3) is 0 Å². The average Bonchev–Trinajstić information content (AvgIpc) is 3.07. The summed E-state index contributed by atoms with van der Waals surface area (Å²) in [6.07, 6.45) is 2.07. The largest absolute Gasteiger partial charge is 0.390 e. The molecule has 2 aliphatic rings. The molecule has 0 spiro atoms. The van der Waals surface area contributed by atoms with Crippen molar-refractivity contribution in [2.24, 2.45) is 0 Å². The van der Waals surface area contributed by atoms with Crippen molar-refractivity contribution >= 4 is 0 Å². The van der Waals surface area contributed by atoms with Gasteiger partial charge in [-0.25, -0.2) is 9.67 Å². The summed E-state index contributed by atoms with van der Waals surface area (Å²) in [5.74, 6) is 1.81. The van der Waals surface area contributed by atoms with E-state index in [4.69, 9.17) is 4.74 Å². The molecule has 0 saturated carbocycles. The summed E-state index contributed by atoms with van der Waals surface area (Å²) < 4.78 is 7.37. The van der Waals surface area contributed by atoms with E-state index >= 15 is 0 Å². The Labute approximate surface area is 138 Å². The number of aromatic nitrogens is 3. The van der Waals surface area contributed by atoms with Crippen molar-refractivity contribution in [3.8, 4) is 0 Å². The first-order valence-electron chi connectivity index (χ1n) is 8.72. The van der Waals surface area contributed by atoms with Crippen molar-refractivity contribution in [1.29, 1.82) is 0 Å². The fourth-order valence-electron chi connectivity index (χ4n) is 3.69. The normalized spacial score (nSPS) is 25.1. The van der Waals surface area contributed by atoms with Crippen LogP contribution in [-0.2, 0) is 11.3 Å². The number of hydrogen-bond donors (Lipinski definition) is 1. The third-order valence-corrected chi connectivity index (χ3v) is 4.86. The second-order valence-corrected chi connectivity index (χ2v) is 6.75. The van der Waals surface area contributed by atoms with Crippen molar-refractivity contribution < 1.29 is 9.84 Å². The fourth-order valence-corrected chi connectivity index (χ4v) is 3.69. The Kier molecular flexibility index (Phi) is 5.63. The highest BCUT2D eigenvalue weighted by Crippen LogP contribution is 2.19. The SMILES string of the molecule is Cc1nc(C)n(C[C@H]2CCCN2C[C@@H](O)CN2CCOCC2)n1. The Balaban J connectivity index is 1.51. The summed E-state index contributed by atoms with van der Waals surface area (Å²) in [4.78, 5) is 9.10. The third kappa shape index (κ3) is 4.50. The van der Waals surface area contributed by atoms with Crippen LogP contribution in [0.15, 0.2) is 0 Å². The van der Waals surface area contributed by atoms with Crippen LogP contribution in [0.4, 0.5) is 0 Å². The molecule has 7 heteroatoms. The Hall–Kier alpha value is -1.02. The van der Waals surface area contributed by atoms with E-state index in [1.54, 1.807) is 0 Å². The van der Waals surface area contributed by atoms with Gasteiger partial charge in [-0.1, -0.05) is 0 Å². The molecule has 3 heterocycles. The molecule has 130 valence electrons. The van der Waals surface area contributed by atoms with Gasteiger partial charge in [-0.15, -0.1) is 0 Å². The van der Waals surface area contributed by atoms with E-state index in [0.29, 0.717) is 6.04 Å². The van der Waals surface area contributed by atoms with Crippen LogP contribution in [0.2, 0.25) is 0 Å². The first-order chi connectivity index (χ1) is 11.1. The van der Waals surface area contributed by atoms with Crippen LogP contribution in [0.25, 0.3) is 0 Å². The lowest BCUT2D eigenvalue weighted by Gasteiger charge is -2.31. The minimum Gasteiger partial charge on any atom is -0.390 e. The summed E-state index contributed by atoms with van der Waals surface area (Å²) in [6.45, 7) is 10.8. The minimum atomic E-state index is -0.299. The number of likely N-dealkylation sites (tertiary alicyclic amines) is 1. The first kappa shape index (κ1) is 16.8. The molecule has 1 N–H and O–H groups in total. The number of aliphatic hydroxyl groups excluding tert-OH is 1. The molecule has 2 atom stereocenters. The van der Waals surface area contributed by atoms with Crippen LogP contribution in [0.5, 0.6) is 0 Å². The number of morpholine rings is 1. The molecule has 0 aliphatic carbocycles. The predicted molar refractivity (Wildman–Crippen MR) is 87.4 cm³/mol. The Morgan fingerprint density at radius 3 is 2.70 bits per heavy atom. The van der Waals surface area contributed by atoms with Crippen LogP contribution < -0.4 is 0 Å². The standard InChI is InChI=1S/C16H29N5O2/c1-13-17-14(2)21(18-13)10-15-4-3-5-20(15)12-16(22)11-19-6-8-23-9-7-19/h15-16,22H,3-12H2,1-2H3/t15-,16+/m1/s1. The van der Waals surface area contributed by atoms with Gasteiger partial charge in [0.15, 0.2) is 0 Å². The molecule has 0 unspecified atom stereocenters. The predicted octanol–water partition coefficient (Wildman–Crippen LogP) is 0.0524. The summed E-state index contributed by atoms with van der Waals surface area (Å²) in [5, 5.41) is 14.9. The lowest BCUT2D eigenvalue weighted by atomic mass is 10.2. The van der Waals surface area contributed by atoms with E-state index in [1.165, 1.54) is 12.8 Å². The summed E-state index contributed by atoms with van der Waals surface area (Å²) in [7, 11) is 0. The van der Waals surface area contributed by atoms with E-state index in [2.05, 4.69) is 19.9 Å². The molecule has 0 bridgehead atoms. The average molecular weight is 323 g/mol. The summed E-state index contributed by atoms with van der Waals surface area (Å²) in [5.41, 5.74) is 0. The number of β-amino-alcohol motifs (C(OH)–C–C–N with tert-alkyl or cyclic N) is 1. The van der Waals surface area contributed by atoms with Gasteiger partial charge in [-0.05, 0) is 33.2 Å². The van der Waals surface area contributed by atoms with Crippen LogP contribution >= 0.6 is 0 Å². The molecule has 1 aromatic heterocycles. The van der Waals surface area contributed by atoms with E-state index in [9.17, 15) is 5.11 Å². The monoisotopic (exact) mass is 323 g/mol. The number of ether oxygens (including phenoxy) is 1. The fraction of sp³-hybridized carbons (Fsp3) is 0.875. The molecule has 0 amide bonds. The van der Waals surface area contributed by atoms with Crippen molar-refractivity contribution in [3.05, 3.63) is 11.6 Å². The summed E-state index contributed by atoms with van der Waals surface area (Å²) >= 11 is 0. The second-order valence-electron chi connectivity index (χ2n) is 6.75.